The molecule has 1 unspecified atom stereocenters. The Hall–Kier alpha value is -1.05. The fraction of sp³-hybridized carbons (Fsp3) is 0.667. The van der Waals surface area contributed by atoms with Gasteiger partial charge in [0.15, 0.2) is 17.0 Å². The molecule has 0 spiro atoms. The summed E-state index contributed by atoms with van der Waals surface area (Å²) in [7, 11) is 0. The lowest BCUT2D eigenvalue weighted by molar-refractivity contribution is -0.0527. The summed E-state index contributed by atoms with van der Waals surface area (Å²) in [5.41, 5.74) is 7.85. The van der Waals surface area contributed by atoms with Crippen molar-refractivity contribution in [1.82, 2.24) is 14.5 Å². The lowest BCUT2D eigenvalue weighted by Gasteiger charge is -2.26. The molecule has 2 aromatic heterocycles. The molecule has 0 radical (unpaired) electrons. The summed E-state index contributed by atoms with van der Waals surface area (Å²) in [6.07, 6.45) is 6.88. The van der Waals surface area contributed by atoms with Crippen LogP contribution in [-0.4, -0.2) is 74.6 Å². The number of pyridine rings is 1. The van der Waals surface area contributed by atoms with Crippen LogP contribution in [0, 0.1) is 5.92 Å². The molecule has 3 heterocycles. The maximum atomic E-state index is 10.9. The van der Waals surface area contributed by atoms with E-state index in [2.05, 4.69) is 38.5 Å². The van der Waals surface area contributed by atoms with Crippen LogP contribution in [0.15, 0.2) is 17.4 Å². The Morgan fingerprint density at radius 2 is 2.07 bits per heavy atom. The fourth-order valence-electron chi connectivity index (χ4n) is 4.09. The highest BCUT2D eigenvalue weighted by atomic mass is 32.2. The van der Waals surface area contributed by atoms with E-state index in [1.165, 1.54) is 0 Å². The number of nitrogens with two attached hydrogens (primary N) is 1. The molecule has 0 aromatic carbocycles. The zero-order chi connectivity index (χ0) is 22.1. The van der Waals surface area contributed by atoms with E-state index >= 15 is 0 Å². The second-order valence-electron chi connectivity index (χ2n) is 8.96. The van der Waals surface area contributed by atoms with Crippen LogP contribution >= 0.6 is 18.6 Å². The molecule has 1 aliphatic rings. The van der Waals surface area contributed by atoms with Gasteiger partial charge in [0.25, 0.3) is 0 Å². The standard InChI is InChI=1S/C21H35N4O3PS/c1-6-7-8-11-30-21-24-15-14(22)9-10-23-19(15)25(21)20-17(27)16(26)18(28-20)13(2)12-29(3,4)5/h9-10,13,16-18,20,26-27H,3,6-8,11-12H2,1-2,4-5H3,(H2,22,23)/t13?,16-,17+,18+,20+/m0/s1. The Bertz CT molecular complexity index is 915. The van der Waals surface area contributed by atoms with Gasteiger partial charge in [-0.2, -0.15) is 0 Å². The number of nitrogen functional groups attached to an aromatic ring is 1. The summed E-state index contributed by atoms with van der Waals surface area (Å²) in [5.74, 6) is 0.983. The Balaban J connectivity index is 1.94. The second kappa shape index (κ2) is 9.61. The molecular weight excluding hydrogens is 419 g/mol. The van der Waals surface area contributed by atoms with Gasteiger partial charge in [0.2, 0.25) is 0 Å². The van der Waals surface area contributed by atoms with Gasteiger partial charge in [-0.25, -0.2) is 9.97 Å². The normalized spacial score (nSPS) is 25.8. The quantitative estimate of drug-likeness (QED) is 0.303. The summed E-state index contributed by atoms with van der Waals surface area (Å²) in [4.78, 5) is 9.17. The van der Waals surface area contributed by atoms with Crippen molar-refractivity contribution in [2.45, 2.75) is 62.8 Å². The van der Waals surface area contributed by atoms with Gasteiger partial charge in [-0.1, -0.05) is 38.5 Å². The average molecular weight is 455 g/mol. The molecule has 1 aliphatic heterocycles. The molecule has 3 rings (SSSR count). The summed E-state index contributed by atoms with van der Waals surface area (Å²) < 4.78 is 8.09. The predicted molar refractivity (Wildman–Crippen MR) is 128 cm³/mol. The van der Waals surface area contributed by atoms with Crippen LogP contribution in [0.4, 0.5) is 5.69 Å². The first-order valence-corrected chi connectivity index (χ1v) is 14.6. The molecule has 7 nitrogen and oxygen atoms in total. The number of hydrogen-bond acceptors (Lipinski definition) is 7. The van der Waals surface area contributed by atoms with E-state index in [-0.39, 0.29) is 5.92 Å². The van der Waals surface area contributed by atoms with Gasteiger partial charge in [0.05, 0.1) is 11.8 Å². The number of aromatic nitrogens is 3. The number of unbranched alkanes of at least 4 members (excludes halogenated alkanes) is 2. The lowest BCUT2D eigenvalue weighted by Crippen LogP contribution is -2.36. The van der Waals surface area contributed by atoms with Crippen molar-refractivity contribution in [1.29, 1.82) is 0 Å². The minimum absolute atomic E-state index is 0.0777. The number of fused-ring (bicyclic) bond motifs is 1. The number of rotatable bonds is 9. The molecule has 0 bridgehead atoms. The highest BCUT2D eigenvalue weighted by Gasteiger charge is 2.47. The van der Waals surface area contributed by atoms with E-state index in [1.54, 1.807) is 24.0 Å². The van der Waals surface area contributed by atoms with Crippen LogP contribution in [0.2, 0.25) is 0 Å². The van der Waals surface area contributed by atoms with Crippen molar-refractivity contribution in [2.75, 3.05) is 31.0 Å². The number of ether oxygens (including phenoxy) is 1. The molecular formula is C21H35N4O3PS. The van der Waals surface area contributed by atoms with Crippen molar-refractivity contribution in [3.63, 3.8) is 0 Å². The number of aliphatic hydroxyl groups is 2. The first-order valence-electron chi connectivity index (χ1n) is 10.6. The Morgan fingerprint density at radius 1 is 1.33 bits per heavy atom. The molecule has 0 saturated carbocycles. The summed E-state index contributed by atoms with van der Waals surface area (Å²) >= 11 is 1.61. The minimum Gasteiger partial charge on any atom is -0.397 e. The molecule has 2 aromatic rings. The van der Waals surface area contributed by atoms with E-state index in [4.69, 9.17) is 15.5 Å². The van der Waals surface area contributed by atoms with Gasteiger partial charge in [-0.3, -0.25) is 4.57 Å². The fourth-order valence-corrected chi connectivity index (χ4v) is 6.87. The predicted octanol–water partition coefficient (Wildman–Crippen LogP) is 3.26. The van der Waals surface area contributed by atoms with E-state index in [0.29, 0.717) is 22.0 Å². The number of anilines is 1. The molecule has 4 N–H and O–H groups in total. The third-order valence-corrected chi connectivity index (χ3v) is 8.03. The van der Waals surface area contributed by atoms with Crippen molar-refractivity contribution >= 4 is 41.8 Å². The number of hydrogen-bond donors (Lipinski definition) is 3. The largest absolute Gasteiger partial charge is 0.397 e. The van der Waals surface area contributed by atoms with Crippen LogP contribution in [0.25, 0.3) is 11.2 Å². The molecule has 1 saturated heterocycles. The zero-order valence-corrected chi connectivity index (χ0v) is 20.1. The van der Waals surface area contributed by atoms with E-state index < -0.39 is 31.4 Å². The van der Waals surface area contributed by atoms with Crippen LogP contribution in [0.1, 0.15) is 39.3 Å². The highest BCUT2D eigenvalue weighted by Crippen LogP contribution is 2.43. The zero-order valence-electron chi connectivity index (χ0n) is 18.4. The maximum absolute atomic E-state index is 10.9. The summed E-state index contributed by atoms with van der Waals surface area (Å²) in [6.45, 7) is 7.26. The third kappa shape index (κ3) is 5.05. The second-order valence-corrected chi connectivity index (χ2v) is 14.3. The summed E-state index contributed by atoms with van der Waals surface area (Å²) in [6, 6.07) is 1.72. The van der Waals surface area contributed by atoms with Crippen molar-refractivity contribution in [3.05, 3.63) is 12.3 Å². The average Bonchev–Trinajstić information content (AvgIpc) is 3.16. The van der Waals surface area contributed by atoms with Gasteiger partial charge >= 0.3 is 0 Å². The number of thioether (sulfide) groups is 1. The van der Waals surface area contributed by atoms with E-state index in [1.807, 2.05) is 4.57 Å². The van der Waals surface area contributed by atoms with Crippen molar-refractivity contribution in [2.24, 2.45) is 5.92 Å². The number of imidazole rings is 1. The van der Waals surface area contributed by atoms with Gasteiger partial charge in [0, 0.05) is 11.9 Å². The molecule has 0 amide bonds. The highest BCUT2D eigenvalue weighted by molar-refractivity contribution is 7.99. The first-order chi connectivity index (χ1) is 14.1. The Labute approximate surface area is 183 Å². The molecule has 0 aliphatic carbocycles. The van der Waals surface area contributed by atoms with Gasteiger partial charge in [-0.05, 0) is 37.9 Å². The first kappa shape index (κ1) is 23.6. The van der Waals surface area contributed by atoms with Crippen molar-refractivity contribution in [3.8, 4) is 0 Å². The Kier molecular flexibility index (Phi) is 7.57. The molecule has 1 fully saturated rings. The van der Waals surface area contributed by atoms with Crippen LogP contribution < -0.4 is 5.73 Å². The molecule has 9 heteroatoms. The molecule has 30 heavy (non-hydrogen) atoms. The Morgan fingerprint density at radius 3 is 2.73 bits per heavy atom. The minimum atomic E-state index is -1.30. The third-order valence-electron chi connectivity index (χ3n) is 5.43. The van der Waals surface area contributed by atoms with Gasteiger partial charge in [-0.15, -0.1) is 13.2 Å². The number of aliphatic hydroxyl groups excluding tert-OH is 2. The monoisotopic (exact) mass is 454 g/mol. The van der Waals surface area contributed by atoms with Crippen LogP contribution in [0.5, 0.6) is 0 Å². The molecule has 168 valence electrons. The van der Waals surface area contributed by atoms with Crippen LogP contribution in [-0.2, 0) is 4.74 Å². The van der Waals surface area contributed by atoms with Crippen molar-refractivity contribution < 1.29 is 14.9 Å². The maximum Gasteiger partial charge on any atom is 0.172 e. The van der Waals surface area contributed by atoms with E-state index in [0.717, 1.165) is 31.2 Å². The molecule has 5 atom stereocenters. The van der Waals surface area contributed by atoms with Gasteiger partial charge < -0.3 is 20.7 Å². The SMILES string of the molecule is C=P(C)(C)CC(C)[C@H]1O[C@@H](n2c(SCCCCC)nc3c(N)ccnc32)[C@H](O)[C@@H]1O. The smallest absolute Gasteiger partial charge is 0.172 e. The summed E-state index contributed by atoms with van der Waals surface area (Å²) in [5, 5.41) is 22.4. The van der Waals surface area contributed by atoms with Crippen LogP contribution in [0.3, 0.4) is 0 Å². The van der Waals surface area contributed by atoms with E-state index in [9.17, 15) is 10.2 Å². The lowest BCUT2D eigenvalue weighted by atomic mass is 10.0. The number of nitrogens with zero attached hydrogens (tertiary/aromatic N) is 3. The topological polar surface area (TPSA) is 106 Å². The van der Waals surface area contributed by atoms with Gasteiger partial charge in [0.1, 0.15) is 17.7 Å².